The summed E-state index contributed by atoms with van der Waals surface area (Å²) in [6.45, 7) is 13.6. The van der Waals surface area contributed by atoms with Crippen molar-refractivity contribution in [3.63, 3.8) is 0 Å². The molecule has 0 unspecified atom stereocenters. The fourth-order valence-corrected chi connectivity index (χ4v) is 0.514. The molecule has 0 N–H and O–H groups in total. The molecular formula is C12H18O3. The summed E-state index contributed by atoms with van der Waals surface area (Å²) in [6, 6.07) is 0. The fourth-order valence-electron chi connectivity index (χ4n) is 0.514. The van der Waals surface area contributed by atoms with E-state index in [2.05, 4.69) is 13.2 Å². The van der Waals surface area contributed by atoms with Gasteiger partial charge in [0.1, 0.15) is 0 Å². The van der Waals surface area contributed by atoms with Crippen molar-refractivity contribution in [3.8, 4) is 0 Å². The molecular weight excluding hydrogens is 192 g/mol. The monoisotopic (exact) mass is 210 g/mol. The summed E-state index contributed by atoms with van der Waals surface area (Å²) < 4.78 is 4.74. The molecule has 0 saturated heterocycles. The summed E-state index contributed by atoms with van der Waals surface area (Å²) in [6.07, 6.45) is 2.90. The number of rotatable bonds is 4. The van der Waals surface area contributed by atoms with Crippen LogP contribution in [0.4, 0.5) is 0 Å². The highest BCUT2D eigenvalue weighted by atomic mass is 16.6. The Hall–Kier alpha value is -1.38. The maximum absolute atomic E-state index is 11.5. The van der Waals surface area contributed by atoms with E-state index < -0.39 is 22.8 Å². The van der Waals surface area contributed by atoms with E-state index in [-0.39, 0.29) is 0 Å². The summed E-state index contributed by atoms with van der Waals surface area (Å²) in [5, 5.41) is 0. The molecule has 0 aromatic rings. The lowest BCUT2D eigenvalue weighted by Gasteiger charge is -2.21. The molecule has 0 aromatic heterocycles. The first-order valence-electron chi connectivity index (χ1n) is 4.71. The zero-order chi connectivity index (χ0) is 12.3. The molecule has 0 aliphatic heterocycles. The Morgan fingerprint density at radius 1 is 0.933 bits per heavy atom. The number of hydrogen-bond acceptors (Lipinski definition) is 3. The number of carbonyl (C=O) groups excluding carboxylic acids is 2. The zero-order valence-corrected chi connectivity index (χ0v) is 9.79. The van der Waals surface area contributed by atoms with Crippen molar-refractivity contribution in [2.45, 2.75) is 27.7 Å². The summed E-state index contributed by atoms with van der Waals surface area (Å²) in [5.74, 6) is -1.20. The first-order valence-corrected chi connectivity index (χ1v) is 4.71. The van der Waals surface area contributed by atoms with Crippen LogP contribution in [-0.2, 0) is 14.3 Å². The van der Waals surface area contributed by atoms with Gasteiger partial charge in [-0.2, -0.15) is 0 Å². The minimum Gasteiger partial charge on any atom is -0.392 e. The predicted molar refractivity (Wildman–Crippen MR) is 59.1 cm³/mol. The van der Waals surface area contributed by atoms with E-state index in [0.717, 1.165) is 0 Å². The lowest BCUT2D eigenvalue weighted by molar-refractivity contribution is -0.168. The summed E-state index contributed by atoms with van der Waals surface area (Å²) in [7, 11) is 0. The van der Waals surface area contributed by atoms with Gasteiger partial charge in [-0.1, -0.05) is 12.2 Å². The number of ether oxygens (including phenoxy) is 1. The molecule has 0 spiro atoms. The van der Waals surface area contributed by atoms with E-state index in [1.165, 1.54) is 12.2 Å². The predicted octanol–water partition coefficient (Wildman–Crippen LogP) is 2.48. The molecule has 0 atom stereocenters. The SMILES string of the molecule is C=CC(C)(C)C(=O)OC(=O)C(C)(C)C=C. The van der Waals surface area contributed by atoms with Crippen LogP contribution < -0.4 is 0 Å². The van der Waals surface area contributed by atoms with E-state index >= 15 is 0 Å². The third-order valence-electron chi connectivity index (χ3n) is 2.26. The first-order chi connectivity index (χ1) is 6.67. The molecule has 0 aliphatic rings. The van der Waals surface area contributed by atoms with Crippen molar-refractivity contribution in [1.29, 1.82) is 0 Å². The van der Waals surface area contributed by atoms with Gasteiger partial charge in [-0.3, -0.25) is 9.59 Å². The molecule has 0 amide bonds. The smallest absolute Gasteiger partial charge is 0.323 e. The Balaban J connectivity index is 4.65. The molecule has 0 heterocycles. The molecule has 0 aromatic carbocycles. The number of esters is 2. The van der Waals surface area contributed by atoms with Crippen molar-refractivity contribution < 1.29 is 14.3 Å². The highest BCUT2D eigenvalue weighted by molar-refractivity contribution is 5.92. The minimum absolute atomic E-state index is 0.600. The Morgan fingerprint density at radius 3 is 1.40 bits per heavy atom. The Bertz CT molecular complexity index is 268. The van der Waals surface area contributed by atoms with Gasteiger partial charge < -0.3 is 4.74 Å². The molecule has 3 heteroatoms. The van der Waals surface area contributed by atoms with Crippen LogP contribution in [0.25, 0.3) is 0 Å². The van der Waals surface area contributed by atoms with Crippen molar-refractivity contribution in [2.75, 3.05) is 0 Å². The second-order valence-electron chi connectivity index (χ2n) is 4.53. The first kappa shape index (κ1) is 13.6. The average Bonchev–Trinajstić information content (AvgIpc) is 2.17. The molecule has 0 bridgehead atoms. The highest BCUT2D eigenvalue weighted by Gasteiger charge is 2.33. The molecule has 0 fully saturated rings. The van der Waals surface area contributed by atoms with Gasteiger partial charge in [0.15, 0.2) is 0 Å². The van der Waals surface area contributed by atoms with Crippen LogP contribution in [0.1, 0.15) is 27.7 Å². The standard InChI is InChI=1S/C12H18O3/c1-7-11(3,4)9(13)15-10(14)12(5,6)8-2/h7-8H,1-2H2,3-6H3. The van der Waals surface area contributed by atoms with E-state index in [4.69, 9.17) is 4.74 Å². The number of carbonyl (C=O) groups is 2. The molecule has 84 valence electrons. The quantitative estimate of drug-likeness (QED) is 0.407. The van der Waals surface area contributed by atoms with Crippen LogP contribution in [0, 0.1) is 10.8 Å². The van der Waals surface area contributed by atoms with Gasteiger partial charge in [0.2, 0.25) is 0 Å². The van der Waals surface area contributed by atoms with Crippen molar-refractivity contribution >= 4 is 11.9 Å². The average molecular weight is 210 g/mol. The van der Waals surface area contributed by atoms with E-state index in [0.29, 0.717) is 0 Å². The molecule has 0 radical (unpaired) electrons. The van der Waals surface area contributed by atoms with E-state index in [9.17, 15) is 9.59 Å². The minimum atomic E-state index is -0.854. The van der Waals surface area contributed by atoms with Gasteiger partial charge in [-0.15, -0.1) is 13.2 Å². The fraction of sp³-hybridized carbons (Fsp3) is 0.500. The van der Waals surface area contributed by atoms with E-state index in [1.54, 1.807) is 27.7 Å². The second-order valence-corrected chi connectivity index (χ2v) is 4.53. The van der Waals surface area contributed by atoms with Gasteiger partial charge >= 0.3 is 11.9 Å². The van der Waals surface area contributed by atoms with Crippen LogP contribution in [0.5, 0.6) is 0 Å². The van der Waals surface area contributed by atoms with Crippen LogP contribution in [0.15, 0.2) is 25.3 Å². The molecule has 0 aliphatic carbocycles. The van der Waals surface area contributed by atoms with Gasteiger partial charge in [0, 0.05) is 0 Å². The lowest BCUT2D eigenvalue weighted by atomic mass is 9.92. The van der Waals surface area contributed by atoms with Gasteiger partial charge in [-0.05, 0) is 27.7 Å². The largest absolute Gasteiger partial charge is 0.392 e. The van der Waals surface area contributed by atoms with Gasteiger partial charge in [0.25, 0.3) is 0 Å². The Kier molecular flexibility index (Phi) is 4.02. The normalized spacial score (nSPS) is 11.7. The maximum atomic E-state index is 11.5. The second kappa shape index (κ2) is 4.43. The molecule has 0 rings (SSSR count). The Labute approximate surface area is 90.8 Å². The maximum Gasteiger partial charge on any atom is 0.323 e. The lowest BCUT2D eigenvalue weighted by Crippen LogP contribution is -2.32. The van der Waals surface area contributed by atoms with Crippen LogP contribution >= 0.6 is 0 Å². The van der Waals surface area contributed by atoms with Crippen LogP contribution in [-0.4, -0.2) is 11.9 Å². The molecule has 0 saturated carbocycles. The van der Waals surface area contributed by atoms with Crippen LogP contribution in [0.3, 0.4) is 0 Å². The summed E-state index contributed by atoms with van der Waals surface area (Å²) in [5.41, 5.74) is -1.71. The molecule has 3 nitrogen and oxygen atoms in total. The number of hydrogen-bond donors (Lipinski definition) is 0. The van der Waals surface area contributed by atoms with Crippen LogP contribution in [0.2, 0.25) is 0 Å². The van der Waals surface area contributed by atoms with Crippen molar-refractivity contribution in [3.05, 3.63) is 25.3 Å². The van der Waals surface area contributed by atoms with Crippen molar-refractivity contribution in [1.82, 2.24) is 0 Å². The molecule has 15 heavy (non-hydrogen) atoms. The third-order valence-corrected chi connectivity index (χ3v) is 2.26. The summed E-state index contributed by atoms with van der Waals surface area (Å²) in [4.78, 5) is 23.0. The zero-order valence-electron chi connectivity index (χ0n) is 9.79. The van der Waals surface area contributed by atoms with E-state index in [1.807, 2.05) is 0 Å². The van der Waals surface area contributed by atoms with Crippen molar-refractivity contribution in [2.24, 2.45) is 10.8 Å². The topological polar surface area (TPSA) is 43.4 Å². The van der Waals surface area contributed by atoms with Gasteiger partial charge in [0.05, 0.1) is 10.8 Å². The highest BCUT2D eigenvalue weighted by Crippen LogP contribution is 2.23. The Morgan fingerprint density at radius 2 is 1.20 bits per heavy atom. The summed E-state index contributed by atoms with van der Waals surface area (Å²) >= 11 is 0. The van der Waals surface area contributed by atoms with Gasteiger partial charge in [-0.25, -0.2) is 0 Å². The third kappa shape index (κ3) is 3.35.